The molecule has 1 spiro atoms. The largest absolute Gasteiger partial charge is 0.487 e. The van der Waals surface area contributed by atoms with Crippen LogP contribution in [0, 0.1) is 23.6 Å². The topological polar surface area (TPSA) is 36.0 Å². The SMILES string of the molecule is CN1CC(C2CC2CN2CCC(F)(C(=O)N3CCC4(CCc5cc(F)ccc5O4)CC3)CC2)C1. The van der Waals surface area contributed by atoms with Crippen LogP contribution in [-0.4, -0.2) is 84.7 Å². The van der Waals surface area contributed by atoms with E-state index in [0.29, 0.717) is 51.9 Å². The number of piperidine rings is 2. The minimum atomic E-state index is -1.72. The number of nitrogens with zero attached hydrogens (tertiary/aromatic N) is 3. The molecule has 4 aliphatic heterocycles. The molecule has 0 radical (unpaired) electrons. The van der Waals surface area contributed by atoms with Crippen LogP contribution in [-0.2, 0) is 11.2 Å². The number of likely N-dealkylation sites (tertiary alicyclic amines) is 3. The van der Waals surface area contributed by atoms with Crippen molar-refractivity contribution in [2.45, 2.75) is 56.2 Å². The quantitative estimate of drug-likeness (QED) is 0.671. The third kappa shape index (κ3) is 4.23. The molecule has 3 saturated heterocycles. The molecule has 0 bridgehead atoms. The Balaban J connectivity index is 0.984. The number of amides is 1. The lowest BCUT2D eigenvalue weighted by atomic mass is 9.82. The predicted octanol–water partition coefficient (Wildman–Crippen LogP) is 3.51. The number of fused-ring (bicyclic) bond motifs is 1. The molecule has 2 atom stereocenters. The zero-order valence-electron chi connectivity index (χ0n) is 20.3. The van der Waals surface area contributed by atoms with E-state index in [0.717, 1.165) is 48.5 Å². The van der Waals surface area contributed by atoms with Gasteiger partial charge in [0.1, 0.15) is 17.2 Å². The van der Waals surface area contributed by atoms with E-state index in [1.165, 1.54) is 25.6 Å². The van der Waals surface area contributed by atoms with Gasteiger partial charge in [-0.05, 0) is 67.8 Å². The molecule has 4 heterocycles. The molecule has 2 unspecified atom stereocenters. The van der Waals surface area contributed by atoms with Crippen molar-refractivity contribution in [1.82, 2.24) is 14.7 Å². The second kappa shape index (κ2) is 8.44. The second-order valence-electron chi connectivity index (χ2n) is 11.7. The predicted molar refractivity (Wildman–Crippen MR) is 126 cm³/mol. The van der Waals surface area contributed by atoms with Crippen molar-refractivity contribution < 1.29 is 18.3 Å². The summed E-state index contributed by atoms with van der Waals surface area (Å²) < 4.78 is 35.6. The number of ether oxygens (including phenoxy) is 1. The van der Waals surface area contributed by atoms with Crippen LogP contribution in [0.3, 0.4) is 0 Å². The highest BCUT2D eigenvalue weighted by Crippen LogP contribution is 2.48. The first-order valence-corrected chi connectivity index (χ1v) is 13.2. The summed E-state index contributed by atoms with van der Waals surface area (Å²) in [7, 11) is 2.18. The van der Waals surface area contributed by atoms with Gasteiger partial charge in [-0.15, -0.1) is 0 Å². The van der Waals surface area contributed by atoms with Crippen molar-refractivity contribution in [2.75, 3.05) is 52.9 Å². The van der Waals surface area contributed by atoms with Crippen LogP contribution in [0.1, 0.15) is 44.1 Å². The van der Waals surface area contributed by atoms with Crippen molar-refractivity contribution in [1.29, 1.82) is 0 Å². The highest BCUT2D eigenvalue weighted by Gasteiger charge is 2.50. The Morgan fingerprint density at radius 3 is 2.53 bits per heavy atom. The summed E-state index contributed by atoms with van der Waals surface area (Å²) in [6, 6.07) is 4.70. The molecule has 6 rings (SSSR count). The summed E-state index contributed by atoms with van der Waals surface area (Å²) in [5, 5.41) is 0. The number of carbonyl (C=O) groups excluding carboxylic acids is 1. The summed E-state index contributed by atoms with van der Waals surface area (Å²) >= 11 is 0. The number of hydrogen-bond donors (Lipinski definition) is 0. The number of halogens is 2. The average Bonchev–Trinajstić information content (AvgIpc) is 3.57. The molecule has 5 aliphatic rings. The van der Waals surface area contributed by atoms with Gasteiger partial charge >= 0.3 is 0 Å². The van der Waals surface area contributed by atoms with E-state index in [1.54, 1.807) is 17.0 Å². The van der Waals surface area contributed by atoms with E-state index < -0.39 is 5.67 Å². The van der Waals surface area contributed by atoms with E-state index in [4.69, 9.17) is 4.74 Å². The fourth-order valence-electron chi connectivity index (χ4n) is 6.95. The molecule has 1 amide bonds. The Morgan fingerprint density at radius 1 is 1.09 bits per heavy atom. The maximum atomic E-state index is 15.8. The van der Waals surface area contributed by atoms with Gasteiger partial charge in [0.05, 0.1) is 0 Å². The van der Waals surface area contributed by atoms with Crippen LogP contribution >= 0.6 is 0 Å². The van der Waals surface area contributed by atoms with Crippen LogP contribution < -0.4 is 4.74 Å². The summed E-state index contributed by atoms with van der Waals surface area (Å²) in [4.78, 5) is 19.7. The van der Waals surface area contributed by atoms with Gasteiger partial charge < -0.3 is 19.4 Å². The zero-order chi connectivity index (χ0) is 23.5. The van der Waals surface area contributed by atoms with E-state index >= 15 is 4.39 Å². The molecule has 5 nitrogen and oxygen atoms in total. The van der Waals surface area contributed by atoms with Crippen LogP contribution in [0.5, 0.6) is 5.75 Å². The summed E-state index contributed by atoms with van der Waals surface area (Å²) in [5.74, 6) is 2.71. The molecule has 0 N–H and O–H groups in total. The normalized spacial score (nSPS) is 31.0. The van der Waals surface area contributed by atoms with Gasteiger partial charge in [-0.1, -0.05) is 0 Å². The van der Waals surface area contributed by atoms with Crippen LogP contribution in [0.2, 0.25) is 0 Å². The Bertz CT molecular complexity index is 934. The van der Waals surface area contributed by atoms with Gasteiger partial charge in [0.15, 0.2) is 5.67 Å². The molecular formula is C27H37F2N3O2. The van der Waals surface area contributed by atoms with Gasteiger partial charge in [-0.25, -0.2) is 8.78 Å². The maximum Gasteiger partial charge on any atom is 0.260 e. The molecule has 1 aromatic carbocycles. The van der Waals surface area contributed by atoms with E-state index in [2.05, 4.69) is 16.8 Å². The van der Waals surface area contributed by atoms with Crippen molar-refractivity contribution in [3.63, 3.8) is 0 Å². The molecule has 4 fully saturated rings. The van der Waals surface area contributed by atoms with Gasteiger partial charge in [0, 0.05) is 71.5 Å². The minimum absolute atomic E-state index is 0.235. The Morgan fingerprint density at radius 2 is 1.82 bits per heavy atom. The maximum absolute atomic E-state index is 15.8. The molecule has 1 saturated carbocycles. The zero-order valence-corrected chi connectivity index (χ0v) is 20.3. The number of aryl methyl sites for hydroxylation is 1. The molecule has 1 aliphatic carbocycles. The average molecular weight is 474 g/mol. The standard InChI is InChI=1S/C27H37F2N3O2/c1-30-16-21(17-30)23-15-20(23)18-31-10-8-27(29,9-11-31)25(33)32-12-6-26(7-13-32)5-4-19-14-22(28)2-3-24(19)34-26/h2-3,14,20-21,23H,4-13,15-18H2,1H3. The number of benzene rings is 1. The number of hydrogen-bond acceptors (Lipinski definition) is 4. The fourth-order valence-corrected chi connectivity index (χ4v) is 6.95. The Labute approximate surface area is 201 Å². The van der Waals surface area contributed by atoms with Gasteiger partial charge in [-0.3, -0.25) is 4.79 Å². The molecule has 34 heavy (non-hydrogen) atoms. The first-order chi connectivity index (χ1) is 16.3. The number of rotatable bonds is 4. The minimum Gasteiger partial charge on any atom is -0.487 e. The third-order valence-corrected chi connectivity index (χ3v) is 9.36. The molecule has 7 heteroatoms. The van der Waals surface area contributed by atoms with E-state index in [-0.39, 0.29) is 17.3 Å². The molecular weight excluding hydrogens is 436 g/mol. The number of alkyl halides is 1. The number of carbonyl (C=O) groups is 1. The van der Waals surface area contributed by atoms with Crippen LogP contribution in [0.4, 0.5) is 8.78 Å². The van der Waals surface area contributed by atoms with Crippen LogP contribution in [0.25, 0.3) is 0 Å². The third-order valence-electron chi connectivity index (χ3n) is 9.36. The monoisotopic (exact) mass is 473 g/mol. The first kappa shape index (κ1) is 22.7. The summed E-state index contributed by atoms with van der Waals surface area (Å²) in [6.07, 6.45) is 4.96. The molecule has 186 valence electrons. The second-order valence-corrected chi connectivity index (χ2v) is 11.7. The fraction of sp³-hybridized carbons (Fsp3) is 0.741. The summed E-state index contributed by atoms with van der Waals surface area (Å²) in [5.41, 5.74) is -1.13. The highest BCUT2D eigenvalue weighted by molar-refractivity contribution is 5.85. The lowest BCUT2D eigenvalue weighted by Crippen LogP contribution is -2.57. The molecule has 1 aromatic rings. The Kier molecular flexibility index (Phi) is 5.64. The van der Waals surface area contributed by atoms with Crippen LogP contribution in [0.15, 0.2) is 18.2 Å². The Hall–Kier alpha value is -1.73. The summed E-state index contributed by atoms with van der Waals surface area (Å²) in [6.45, 7) is 5.97. The van der Waals surface area contributed by atoms with Crippen molar-refractivity contribution in [3.05, 3.63) is 29.6 Å². The van der Waals surface area contributed by atoms with Gasteiger partial charge in [0.25, 0.3) is 5.91 Å². The lowest BCUT2D eigenvalue weighted by molar-refractivity contribution is -0.151. The smallest absolute Gasteiger partial charge is 0.260 e. The highest BCUT2D eigenvalue weighted by atomic mass is 19.1. The van der Waals surface area contributed by atoms with Gasteiger partial charge in [0.2, 0.25) is 0 Å². The molecule has 0 aromatic heterocycles. The van der Waals surface area contributed by atoms with Crippen molar-refractivity contribution in [2.24, 2.45) is 17.8 Å². The van der Waals surface area contributed by atoms with Crippen molar-refractivity contribution in [3.8, 4) is 5.75 Å². The van der Waals surface area contributed by atoms with E-state index in [1.807, 2.05) is 0 Å². The van der Waals surface area contributed by atoms with Gasteiger partial charge in [-0.2, -0.15) is 0 Å². The van der Waals surface area contributed by atoms with E-state index in [9.17, 15) is 9.18 Å². The first-order valence-electron chi connectivity index (χ1n) is 13.2. The van der Waals surface area contributed by atoms with Crippen molar-refractivity contribution >= 4 is 5.91 Å². The lowest BCUT2D eigenvalue weighted by Gasteiger charge is -2.46.